The second kappa shape index (κ2) is 6.12. The quantitative estimate of drug-likeness (QED) is 0.808. The van der Waals surface area contributed by atoms with E-state index in [4.69, 9.17) is 0 Å². The predicted octanol–water partition coefficient (Wildman–Crippen LogP) is 2.86. The number of nitrogens with zero attached hydrogens (tertiary/aromatic N) is 3. The van der Waals surface area contributed by atoms with Crippen molar-refractivity contribution < 1.29 is 0 Å². The fourth-order valence-electron chi connectivity index (χ4n) is 1.67. The maximum atomic E-state index is 4.60. The minimum absolute atomic E-state index is 0.653. The number of hydrogen-bond acceptors (Lipinski definition) is 4. The van der Waals surface area contributed by atoms with Crippen molar-refractivity contribution in [2.24, 2.45) is 0 Å². The molecule has 0 atom stereocenters. The molecule has 0 unspecified atom stereocenters. The third-order valence-electron chi connectivity index (χ3n) is 2.46. The van der Waals surface area contributed by atoms with E-state index in [1.807, 2.05) is 0 Å². The van der Waals surface area contributed by atoms with E-state index >= 15 is 0 Å². The Labute approximate surface area is 120 Å². The molecule has 0 spiro atoms. The first-order chi connectivity index (χ1) is 8.76. The zero-order chi connectivity index (χ0) is 13.0. The Balaban J connectivity index is 2.47. The van der Waals surface area contributed by atoms with Gasteiger partial charge in [-0.15, -0.1) is 0 Å². The SMILES string of the molecule is CCCc1nc(-c2ncc[nH]2)nc(NCC)c1I. The van der Waals surface area contributed by atoms with E-state index in [2.05, 4.69) is 61.7 Å². The van der Waals surface area contributed by atoms with Crippen LogP contribution < -0.4 is 5.32 Å². The van der Waals surface area contributed by atoms with Gasteiger partial charge >= 0.3 is 0 Å². The molecule has 0 aromatic carbocycles. The van der Waals surface area contributed by atoms with Gasteiger partial charge in [-0.25, -0.2) is 15.0 Å². The average molecular weight is 357 g/mol. The van der Waals surface area contributed by atoms with E-state index < -0.39 is 0 Å². The summed E-state index contributed by atoms with van der Waals surface area (Å²) in [5.41, 5.74) is 1.08. The summed E-state index contributed by atoms with van der Waals surface area (Å²) in [6.45, 7) is 5.05. The van der Waals surface area contributed by atoms with E-state index in [0.29, 0.717) is 11.6 Å². The van der Waals surface area contributed by atoms with Gasteiger partial charge in [-0.05, 0) is 35.9 Å². The number of aryl methyl sites for hydroxylation is 1. The van der Waals surface area contributed by atoms with Crippen LogP contribution in [-0.2, 0) is 6.42 Å². The fourth-order valence-corrected chi connectivity index (χ4v) is 2.38. The van der Waals surface area contributed by atoms with E-state index in [0.717, 1.165) is 34.5 Å². The highest BCUT2D eigenvalue weighted by Crippen LogP contribution is 2.23. The molecule has 2 N–H and O–H groups in total. The van der Waals surface area contributed by atoms with Crippen LogP contribution in [0, 0.1) is 3.57 Å². The predicted molar refractivity (Wildman–Crippen MR) is 80.5 cm³/mol. The summed E-state index contributed by atoms with van der Waals surface area (Å²) >= 11 is 2.30. The number of halogens is 1. The molecular formula is C12H16IN5. The summed E-state index contributed by atoms with van der Waals surface area (Å²) in [4.78, 5) is 16.4. The van der Waals surface area contributed by atoms with Crippen LogP contribution in [0.2, 0.25) is 0 Å². The van der Waals surface area contributed by atoms with Crippen molar-refractivity contribution in [2.75, 3.05) is 11.9 Å². The van der Waals surface area contributed by atoms with Crippen LogP contribution in [0.25, 0.3) is 11.6 Å². The van der Waals surface area contributed by atoms with Gasteiger partial charge in [-0.2, -0.15) is 0 Å². The van der Waals surface area contributed by atoms with Crippen LogP contribution >= 0.6 is 22.6 Å². The van der Waals surface area contributed by atoms with Gasteiger partial charge in [0.2, 0.25) is 0 Å². The molecule has 2 heterocycles. The smallest absolute Gasteiger partial charge is 0.197 e. The molecule has 0 aliphatic carbocycles. The van der Waals surface area contributed by atoms with Crippen LogP contribution in [0.15, 0.2) is 12.4 Å². The highest BCUT2D eigenvalue weighted by atomic mass is 127. The molecule has 0 saturated heterocycles. The summed E-state index contributed by atoms with van der Waals surface area (Å²) in [6, 6.07) is 0. The van der Waals surface area contributed by atoms with Crippen LogP contribution in [0.3, 0.4) is 0 Å². The molecular weight excluding hydrogens is 341 g/mol. The Bertz CT molecular complexity index is 482. The van der Waals surface area contributed by atoms with Crippen molar-refractivity contribution in [2.45, 2.75) is 26.7 Å². The number of anilines is 1. The lowest BCUT2D eigenvalue weighted by Gasteiger charge is -2.10. The van der Waals surface area contributed by atoms with Gasteiger partial charge in [0.25, 0.3) is 0 Å². The van der Waals surface area contributed by atoms with Crippen LogP contribution in [-0.4, -0.2) is 26.5 Å². The Kier molecular flexibility index (Phi) is 4.51. The molecule has 96 valence electrons. The van der Waals surface area contributed by atoms with Gasteiger partial charge in [-0.1, -0.05) is 13.3 Å². The molecule has 0 amide bonds. The molecule has 0 aliphatic rings. The van der Waals surface area contributed by atoms with Crippen molar-refractivity contribution in [3.63, 3.8) is 0 Å². The first-order valence-electron chi connectivity index (χ1n) is 6.06. The second-order valence-electron chi connectivity index (χ2n) is 3.87. The monoisotopic (exact) mass is 357 g/mol. The van der Waals surface area contributed by atoms with Gasteiger partial charge in [0.05, 0.1) is 9.26 Å². The number of hydrogen-bond donors (Lipinski definition) is 2. The lowest BCUT2D eigenvalue weighted by Crippen LogP contribution is -2.08. The van der Waals surface area contributed by atoms with Crippen molar-refractivity contribution in [1.29, 1.82) is 0 Å². The Hall–Kier alpha value is -1.18. The van der Waals surface area contributed by atoms with E-state index in [1.165, 1.54) is 0 Å². The minimum atomic E-state index is 0.653. The normalized spacial score (nSPS) is 10.6. The maximum absolute atomic E-state index is 4.60. The third-order valence-corrected chi connectivity index (χ3v) is 3.59. The molecule has 5 nitrogen and oxygen atoms in total. The Morgan fingerprint density at radius 3 is 2.78 bits per heavy atom. The molecule has 0 aliphatic heterocycles. The molecule has 0 bridgehead atoms. The first-order valence-corrected chi connectivity index (χ1v) is 7.14. The van der Waals surface area contributed by atoms with Crippen molar-refractivity contribution >= 4 is 28.4 Å². The largest absolute Gasteiger partial charge is 0.369 e. The molecule has 2 aromatic rings. The zero-order valence-corrected chi connectivity index (χ0v) is 12.7. The summed E-state index contributed by atoms with van der Waals surface area (Å²) in [5.74, 6) is 2.26. The summed E-state index contributed by atoms with van der Waals surface area (Å²) in [6.07, 6.45) is 5.51. The minimum Gasteiger partial charge on any atom is -0.369 e. The molecule has 2 rings (SSSR count). The van der Waals surface area contributed by atoms with Gasteiger partial charge in [0.1, 0.15) is 5.82 Å². The third kappa shape index (κ3) is 2.80. The standard InChI is InChI=1S/C12H16IN5/c1-3-5-8-9(13)10(14-4-2)18-12(17-8)11-15-6-7-16-11/h6-7H,3-5H2,1-2H3,(H,15,16)(H,14,17,18). The summed E-state index contributed by atoms with van der Waals surface area (Å²) in [5, 5.41) is 3.28. The van der Waals surface area contributed by atoms with Gasteiger partial charge in [0.15, 0.2) is 11.6 Å². The number of aromatic nitrogens is 4. The van der Waals surface area contributed by atoms with Crippen LogP contribution in [0.5, 0.6) is 0 Å². The number of H-pyrrole nitrogens is 1. The highest BCUT2D eigenvalue weighted by molar-refractivity contribution is 14.1. The van der Waals surface area contributed by atoms with Crippen molar-refractivity contribution in [1.82, 2.24) is 19.9 Å². The Morgan fingerprint density at radius 2 is 2.17 bits per heavy atom. The number of imidazole rings is 1. The second-order valence-corrected chi connectivity index (χ2v) is 4.95. The lowest BCUT2D eigenvalue weighted by molar-refractivity contribution is 0.864. The first kappa shape index (κ1) is 13.3. The summed E-state index contributed by atoms with van der Waals surface area (Å²) < 4.78 is 1.10. The van der Waals surface area contributed by atoms with Crippen molar-refractivity contribution in [3.05, 3.63) is 21.7 Å². The molecule has 0 fully saturated rings. The van der Waals surface area contributed by atoms with Gasteiger partial charge in [-0.3, -0.25) is 0 Å². The van der Waals surface area contributed by atoms with Crippen LogP contribution in [0.1, 0.15) is 26.0 Å². The Morgan fingerprint density at radius 1 is 1.33 bits per heavy atom. The fraction of sp³-hybridized carbons (Fsp3) is 0.417. The van der Waals surface area contributed by atoms with Crippen molar-refractivity contribution in [3.8, 4) is 11.6 Å². The molecule has 2 aromatic heterocycles. The van der Waals surface area contributed by atoms with Gasteiger partial charge in [0, 0.05) is 18.9 Å². The molecule has 18 heavy (non-hydrogen) atoms. The van der Waals surface area contributed by atoms with Crippen LogP contribution in [0.4, 0.5) is 5.82 Å². The number of nitrogens with one attached hydrogen (secondary N) is 2. The summed E-state index contributed by atoms with van der Waals surface area (Å²) in [7, 11) is 0. The van der Waals surface area contributed by atoms with E-state index in [1.54, 1.807) is 12.4 Å². The topological polar surface area (TPSA) is 66.5 Å². The molecule has 0 saturated carbocycles. The molecule has 6 heteroatoms. The zero-order valence-electron chi connectivity index (χ0n) is 10.5. The lowest BCUT2D eigenvalue weighted by atomic mass is 10.2. The van der Waals surface area contributed by atoms with E-state index in [9.17, 15) is 0 Å². The number of rotatable bonds is 5. The number of aromatic amines is 1. The maximum Gasteiger partial charge on any atom is 0.197 e. The highest BCUT2D eigenvalue weighted by Gasteiger charge is 2.13. The molecule has 0 radical (unpaired) electrons. The van der Waals surface area contributed by atoms with Gasteiger partial charge < -0.3 is 10.3 Å². The van der Waals surface area contributed by atoms with E-state index in [-0.39, 0.29) is 0 Å². The average Bonchev–Trinajstić information content (AvgIpc) is 2.88.